The number of nitrogens with zero attached hydrogens (tertiary/aromatic N) is 1. The Balaban J connectivity index is 1.70. The summed E-state index contributed by atoms with van der Waals surface area (Å²) in [6.45, 7) is 12.1. The van der Waals surface area contributed by atoms with E-state index in [-0.39, 0.29) is 5.91 Å². The van der Waals surface area contributed by atoms with Gasteiger partial charge in [-0.3, -0.25) is 4.79 Å². The molecule has 24 heavy (non-hydrogen) atoms. The molecule has 0 saturated carbocycles. The van der Waals surface area contributed by atoms with E-state index in [0.29, 0.717) is 12.0 Å². The van der Waals surface area contributed by atoms with Gasteiger partial charge in [0.1, 0.15) is 0 Å². The number of hydrogen-bond donors (Lipinski definition) is 1. The maximum Gasteiger partial charge on any atom is 0.251 e. The number of benzene rings is 1. The third-order valence-electron chi connectivity index (χ3n) is 5.54. The van der Waals surface area contributed by atoms with Crippen molar-refractivity contribution in [1.82, 2.24) is 10.2 Å². The Morgan fingerprint density at radius 1 is 1.17 bits per heavy atom. The molecule has 1 N–H and O–H groups in total. The topological polar surface area (TPSA) is 32.3 Å². The van der Waals surface area contributed by atoms with Gasteiger partial charge in [-0.25, -0.2) is 0 Å². The minimum Gasteiger partial charge on any atom is -0.352 e. The van der Waals surface area contributed by atoms with Gasteiger partial charge in [-0.1, -0.05) is 32.9 Å². The Labute approximate surface area is 147 Å². The van der Waals surface area contributed by atoms with E-state index in [1.165, 1.54) is 37.9 Å². The molecule has 0 aliphatic carbocycles. The second-order valence-electron chi connectivity index (χ2n) is 7.56. The van der Waals surface area contributed by atoms with Crippen LogP contribution in [0.2, 0.25) is 0 Å². The third kappa shape index (κ3) is 5.34. The molecule has 2 rings (SSSR count). The van der Waals surface area contributed by atoms with Gasteiger partial charge in [-0.2, -0.15) is 0 Å². The summed E-state index contributed by atoms with van der Waals surface area (Å²) in [6.07, 6.45) is 4.87. The molecule has 1 saturated heterocycles. The number of piperidine rings is 1. The van der Waals surface area contributed by atoms with E-state index in [1.807, 2.05) is 12.1 Å². The minimum absolute atomic E-state index is 0.0577. The van der Waals surface area contributed by atoms with E-state index >= 15 is 0 Å². The number of carbonyl (C=O) groups is 1. The number of hydrogen-bond acceptors (Lipinski definition) is 2. The van der Waals surface area contributed by atoms with Crippen molar-refractivity contribution in [3.05, 3.63) is 35.4 Å². The summed E-state index contributed by atoms with van der Waals surface area (Å²) in [5, 5.41) is 3.09. The standard InChI is InChI=1S/C21H34N2O/c1-5-17(4)23-14-11-18(12-15-23)10-13-22-21(24)20-8-6-19(7-9-20)16(2)3/h6-9,16-18H,5,10-15H2,1-4H3,(H,22,24). The van der Waals surface area contributed by atoms with Gasteiger partial charge in [0.15, 0.2) is 0 Å². The molecule has 0 radical (unpaired) electrons. The largest absolute Gasteiger partial charge is 0.352 e. The summed E-state index contributed by atoms with van der Waals surface area (Å²) in [4.78, 5) is 14.8. The van der Waals surface area contributed by atoms with Gasteiger partial charge < -0.3 is 10.2 Å². The van der Waals surface area contributed by atoms with Crippen LogP contribution in [0.5, 0.6) is 0 Å². The third-order valence-corrected chi connectivity index (χ3v) is 5.54. The first kappa shape index (κ1) is 19.0. The fourth-order valence-electron chi connectivity index (χ4n) is 3.45. The maximum atomic E-state index is 12.2. The lowest BCUT2D eigenvalue weighted by Crippen LogP contribution is -2.40. The number of nitrogens with one attached hydrogen (secondary N) is 1. The summed E-state index contributed by atoms with van der Waals surface area (Å²) >= 11 is 0. The Morgan fingerprint density at radius 2 is 1.79 bits per heavy atom. The molecular weight excluding hydrogens is 296 g/mol. The average molecular weight is 331 g/mol. The highest BCUT2D eigenvalue weighted by Crippen LogP contribution is 2.22. The monoisotopic (exact) mass is 330 g/mol. The van der Waals surface area contributed by atoms with Gasteiger partial charge >= 0.3 is 0 Å². The molecule has 1 aliphatic rings. The quantitative estimate of drug-likeness (QED) is 0.801. The van der Waals surface area contributed by atoms with Crippen molar-refractivity contribution in [2.24, 2.45) is 5.92 Å². The van der Waals surface area contributed by atoms with Gasteiger partial charge in [0, 0.05) is 18.2 Å². The molecule has 1 aromatic carbocycles. The lowest BCUT2D eigenvalue weighted by Gasteiger charge is -2.35. The Bertz CT molecular complexity index is 501. The van der Waals surface area contributed by atoms with E-state index in [1.54, 1.807) is 0 Å². The lowest BCUT2D eigenvalue weighted by atomic mass is 9.92. The fourth-order valence-corrected chi connectivity index (χ4v) is 3.45. The van der Waals surface area contributed by atoms with Crippen molar-refractivity contribution in [3.8, 4) is 0 Å². The molecule has 0 bridgehead atoms. The van der Waals surface area contributed by atoms with Crippen LogP contribution in [0, 0.1) is 5.92 Å². The van der Waals surface area contributed by atoms with Crippen LogP contribution < -0.4 is 5.32 Å². The Kier molecular flexibility index (Phi) is 7.29. The van der Waals surface area contributed by atoms with Gasteiger partial charge in [-0.05, 0) is 75.2 Å². The zero-order valence-electron chi connectivity index (χ0n) is 15.8. The molecule has 1 aliphatic heterocycles. The minimum atomic E-state index is 0.0577. The number of likely N-dealkylation sites (tertiary alicyclic amines) is 1. The summed E-state index contributed by atoms with van der Waals surface area (Å²) in [7, 11) is 0. The molecule has 1 atom stereocenters. The van der Waals surface area contributed by atoms with Gasteiger partial charge in [0.05, 0.1) is 0 Å². The SMILES string of the molecule is CCC(C)N1CCC(CCNC(=O)c2ccc(C(C)C)cc2)CC1. The highest BCUT2D eigenvalue weighted by Gasteiger charge is 2.21. The van der Waals surface area contributed by atoms with Crippen LogP contribution in [-0.2, 0) is 0 Å². The predicted molar refractivity (Wildman–Crippen MR) is 102 cm³/mol. The van der Waals surface area contributed by atoms with Crippen molar-refractivity contribution in [1.29, 1.82) is 0 Å². The average Bonchev–Trinajstić information content (AvgIpc) is 2.61. The smallest absolute Gasteiger partial charge is 0.251 e. The Morgan fingerprint density at radius 3 is 2.33 bits per heavy atom. The van der Waals surface area contributed by atoms with Crippen LogP contribution in [0.1, 0.15) is 75.2 Å². The van der Waals surface area contributed by atoms with Gasteiger partial charge in [-0.15, -0.1) is 0 Å². The molecule has 0 aromatic heterocycles. The second-order valence-corrected chi connectivity index (χ2v) is 7.56. The van der Waals surface area contributed by atoms with Crippen LogP contribution in [0.15, 0.2) is 24.3 Å². The van der Waals surface area contributed by atoms with Crippen molar-refractivity contribution < 1.29 is 4.79 Å². The van der Waals surface area contributed by atoms with Crippen LogP contribution >= 0.6 is 0 Å². The van der Waals surface area contributed by atoms with Crippen LogP contribution in [0.4, 0.5) is 0 Å². The molecule has 1 aromatic rings. The van der Waals surface area contributed by atoms with E-state index in [9.17, 15) is 4.79 Å². The summed E-state index contributed by atoms with van der Waals surface area (Å²) in [5.41, 5.74) is 2.05. The van der Waals surface area contributed by atoms with E-state index in [4.69, 9.17) is 0 Å². The molecule has 3 nitrogen and oxygen atoms in total. The first-order valence-corrected chi connectivity index (χ1v) is 9.63. The van der Waals surface area contributed by atoms with Crippen LogP contribution in [0.3, 0.4) is 0 Å². The lowest BCUT2D eigenvalue weighted by molar-refractivity contribution is 0.0945. The van der Waals surface area contributed by atoms with Crippen LogP contribution in [0.25, 0.3) is 0 Å². The van der Waals surface area contributed by atoms with Crippen molar-refractivity contribution in [2.45, 2.75) is 65.3 Å². The summed E-state index contributed by atoms with van der Waals surface area (Å²) < 4.78 is 0. The first-order chi connectivity index (χ1) is 11.5. The normalized spacial score (nSPS) is 17.9. The van der Waals surface area contributed by atoms with E-state index in [0.717, 1.165) is 24.4 Å². The zero-order chi connectivity index (χ0) is 17.5. The molecular formula is C21H34N2O. The first-order valence-electron chi connectivity index (χ1n) is 9.63. The summed E-state index contributed by atoms with van der Waals surface area (Å²) in [5.74, 6) is 1.32. The second kappa shape index (κ2) is 9.22. The molecule has 1 fully saturated rings. The summed E-state index contributed by atoms with van der Waals surface area (Å²) in [6, 6.07) is 8.71. The molecule has 0 spiro atoms. The number of rotatable bonds is 7. The fraction of sp³-hybridized carbons (Fsp3) is 0.667. The van der Waals surface area contributed by atoms with Crippen LogP contribution in [-0.4, -0.2) is 36.5 Å². The van der Waals surface area contributed by atoms with E-state index < -0.39 is 0 Å². The molecule has 1 unspecified atom stereocenters. The number of carbonyl (C=O) groups excluding carboxylic acids is 1. The molecule has 1 amide bonds. The van der Waals surface area contributed by atoms with Crippen molar-refractivity contribution >= 4 is 5.91 Å². The Hall–Kier alpha value is -1.35. The van der Waals surface area contributed by atoms with Gasteiger partial charge in [0.25, 0.3) is 5.91 Å². The van der Waals surface area contributed by atoms with E-state index in [2.05, 4.69) is 50.0 Å². The van der Waals surface area contributed by atoms with Gasteiger partial charge in [0.2, 0.25) is 0 Å². The number of amides is 1. The highest BCUT2D eigenvalue weighted by atomic mass is 16.1. The molecule has 1 heterocycles. The highest BCUT2D eigenvalue weighted by molar-refractivity contribution is 5.94. The van der Waals surface area contributed by atoms with Crippen molar-refractivity contribution in [3.63, 3.8) is 0 Å². The van der Waals surface area contributed by atoms with Crippen molar-refractivity contribution in [2.75, 3.05) is 19.6 Å². The molecule has 134 valence electrons. The maximum absolute atomic E-state index is 12.2. The zero-order valence-corrected chi connectivity index (χ0v) is 15.8. The molecule has 3 heteroatoms. The predicted octanol–water partition coefficient (Wildman–Crippen LogP) is 4.44.